The summed E-state index contributed by atoms with van der Waals surface area (Å²) in [5.41, 5.74) is 5.52. The van der Waals surface area contributed by atoms with Gasteiger partial charge in [-0.2, -0.15) is 0 Å². The molecular formula is C12H23N3O2. The molecule has 2 rings (SSSR count). The van der Waals surface area contributed by atoms with E-state index >= 15 is 0 Å². The van der Waals surface area contributed by atoms with Crippen LogP contribution in [0.3, 0.4) is 0 Å². The van der Waals surface area contributed by atoms with Crippen LogP contribution in [-0.4, -0.2) is 55.8 Å². The Morgan fingerprint density at radius 2 is 2.29 bits per heavy atom. The summed E-state index contributed by atoms with van der Waals surface area (Å²) in [7, 11) is 1.80. The number of rotatable bonds is 3. The minimum absolute atomic E-state index is 0.147. The molecule has 3 N–H and O–H groups in total. The molecule has 0 spiro atoms. The van der Waals surface area contributed by atoms with Gasteiger partial charge in [0.1, 0.15) is 11.9 Å². The Balaban J connectivity index is 1.90. The molecule has 0 amide bonds. The topological polar surface area (TPSA) is 71.6 Å². The van der Waals surface area contributed by atoms with Crippen molar-refractivity contribution in [3.8, 4) is 0 Å². The van der Waals surface area contributed by atoms with Gasteiger partial charge in [0, 0.05) is 26.2 Å². The normalized spacial score (nSPS) is 35.7. The fraction of sp³-hybridized carbons (Fsp3) is 0.917. The van der Waals surface area contributed by atoms with E-state index in [0.29, 0.717) is 18.8 Å². The number of nitrogens with one attached hydrogen (secondary N) is 1. The molecule has 17 heavy (non-hydrogen) atoms. The maximum Gasteiger partial charge on any atom is 0.127 e. The molecule has 2 aliphatic rings. The van der Waals surface area contributed by atoms with Crippen LogP contribution in [0.1, 0.15) is 25.7 Å². The Labute approximate surface area is 103 Å². The molecule has 5 heteroatoms. The Kier molecular flexibility index (Phi) is 4.36. The van der Waals surface area contributed by atoms with E-state index in [1.807, 2.05) is 0 Å². The second-order valence-corrected chi connectivity index (χ2v) is 4.99. The lowest BCUT2D eigenvalue weighted by molar-refractivity contribution is -0.0374. The Hall–Kier alpha value is -0.650. The number of morpholine rings is 1. The van der Waals surface area contributed by atoms with Crippen LogP contribution in [0.25, 0.3) is 0 Å². The number of amidine groups is 1. The van der Waals surface area contributed by atoms with Gasteiger partial charge in [-0.1, -0.05) is 0 Å². The summed E-state index contributed by atoms with van der Waals surface area (Å²) in [4.78, 5) is 2.42. The van der Waals surface area contributed by atoms with Crippen LogP contribution in [-0.2, 0) is 9.47 Å². The first-order valence-electron chi connectivity index (χ1n) is 6.43. The molecule has 3 atom stereocenters. The van der Waals surface area contributed by atoms with E-state index in [1.54, 1.807) is 7.11 Å². The molecule has 2 fully saturated rings. The maximum atomic E-state index is 7.47. The Morgan fingerprint density at radius 3 is 3.00 bits per heavy atom. The van der Waals surface area contributed by atoms with E-state index in [9.17, 15) is 0 Å². The first-order chi connectivity index (χ1) is 8.20. The van der Waals surface area contributed by atoms with Crippen LogP contribution in [0.15, 0.2) is 0 Å². The van der Waals surface area contributed by atoms with Crippen molar-refractivity contribution >= 4 is 5.84 Å². The van der Waals surface area contributed by atoms with Crippen molar-refractivity contribution in [2.45, 2.75) is 43.9 Å². The standard InChI is InChI=1S/C12H23N3O2/c1-16-10-4-2-3-9(7-10)15-5-6-17-11(8-15)12(13)14/h9-11H,2-8H2,1H3,(H3,13,14). The second kappa shape index (κ2) is 5.80. The predicted octanol–water partition coefficient (Wildman–Crippen LogP) is 0.581. The van der Waals surface area contributed by atoms with E-state index in [4.69, 9.17) is 20.6 Å². The smallest absolute Gasteiger partial charge is 0.127 e. The summed E-state index contributed by atoms with van der Waals surface area (Å²) in [6.45, 7) is 2.39. The second-order valence-electron chi connectivity index (χ2n) is 4.99. The van der Waals surface area contributed by atoms with E-state index in [2.05, 4.69) is 4.90 Å². The molecule has 5 nitrogen and oxygen atoms in total. The number of ether oxygens (including phenoxy) is 2. The van der Waals surface area contributed by atoms with Crippen molar-refractivity contribution < 1.29 is 9.47 Å². The maximum absolute atomic E-state index is 7.47. The SMILES string of the molecule is COC1CCCC(N2CCOC(C(=N)N)C2)C1. The van der Waals surface area contributed by atoms with Crippen LogP contribution in [0.5, 0.6) is 0 Å². The van der Waals surface area contributed by atoms with E-state index < -0.39 is 0 Å². The quantitative estimate of drug-likeness (QED) is 0.560. The third-order valence-corrected chi connectivity index (χ3v) is 3.89. The van der Waals surface area contributed by atoms with Crippen molar-refractivity contribution in [2.24, 2.45) is 5.73 Å². The predicted molar refractivity (Wildman–Crippen MR) is 66.3 cm³/mol. The highest BCUT2D eigenvalue weighted by molar-refractivity contribution is 5.82. The summed E-state index contributed by atoms with van der Waals surface area (Å²) in [6, 6.07) is 0.569. The zero-order valence-electron chi connectivity index (χ0n) is 10.5. The van der Waals surface area contributed by atoms with Crippen LogP contribution in [0, 0.1) is 5.41 Å². The fourth-order valence-corrected chi connectivity index (χ4v) is 2.86. The third kappa shape index (κ3) is 3.18. The van der Waals surface area contributed by atoms with E-state index in [-0.39, 0.29) is 11.9 Å². The van der Waals surface area contributed by atoms with Crippen LogP contribution < -0.4 is 5.73 Å². The minimum Gasteiger partial charge on any atom is -0.385 e. The van der Waals surface area contributed by atoms with Crippen LogP contribution in [0.2, 0.25) is 0 Å². The van der Waals surface area contributed by atoms with E-state index in [0.717, 1.165) is 19.5 Å². The number of nitrogens with two attached hydrogens (primary N) is 1. The zero-order valence-corrected chi connectivity index (χ0v) is 10.5. The van der Waals surface area contributed by atoms with Gasteiger partial charge in [-0.3, -0.25) is 10.3 Å². The molecule has 1 aliphatic heterocycles. The van der Waals surface area contributed by atoms with Crippen molar-refractivity contribution in [3.05, 3.63) is 0 Å². The molecule has 1 saturated heterocycles. The molecule has 1 saturated carbocycles. The first kappa shape index (κ1) is 12.8. The van der Waals surface area contributed by atoms with Crippen molar-refractivity contribution in [2.75, 3.05) is 26.8 Å². The molecule has 1 aliphatic carbocycles. The number of nitrogens with zero attached hydrogens (tertiary/aromatic N) is 1. The number of hydrogen-bond donors (Lipinski definition) is 2. The molecule has 98 valence electrons. The van der Waals surface area contributed by atoms with Gasteiger partial charge in [0.2, 0.25) is 0 Å². The zero-order chi connectivity index (χ0) is 12.3. The molecule has 0 radical (unpaired) electrons. The monoisotopic (exact) mass is 241 g/mol. The van der Waals surface area contributed by atoms with Crippen LogP contribution in [0.4, 0.5) is 0 Å². The highest BCUT2D eigenvalue weighted by atomic mass is 16.5. The highest BCUT2D eigenvalue weighted by Gasteiger charge is 2.31. The van der Waals surface area contributed by atoms with Gasteiger partial charge in [0.05, 0.1) is 12.7 Å². The van der Waals surface area contributed by atoms with Crippen molar-refractivity contribution in [1.82, 2.24) is 4.90 Å². The van der Waals surface area contributed by atoms with Gasteiger partial charge in [0.15, 0.2) is 0 Å². The molecule has 0 aromatic carbocycles. The largest absolute Gasteiger partial charge is 0.385 e. The van der Waals surface area contributed by atoms with E-state index in [1.165, 1.54) is 19.3 Å². The fourth-order valence-electron chi connectivity index (χ4n) is 2.86. The molecular weight excluding hydrogens is 218 g/mol. The average molecular weight is 241 g/mol. The molecule has 1 heterocycles. The lowest BCUT2D eigenvalue weighted by Gasteiger charge is -2.41. The van der Waals surface area contributed by atoms with Crippen molar-refractivity contribution in [3.63, 3.8) is 0 Å². The van der Waals surface area contributed by atoms with Gasteiger partial charge in [-0.25, -0.2) is 0 Å². The van der Waals surface area contributed by atoms with Gasteiger partial charge in [-0.05, 0) is 25.7 Å². The van der Waals surface area contributed by atoms with Gasteiger partial charge in [0.25, 0.3) is 0 Å². The Bertz CT molecular complexity index is 272. The lowest BCUT2D eigenvalue weighted by Crippen LogP contribution is -2.53. The van der Waals surface area contributed by atoms with Gasteiger partial charge in [-0.15, -0.1) is 0 Å². The number of hydrogen-bond acceptors (Lipinski definition) is 4. The summed E-state index contributed by atoms with van der Waals surface area (Å²) < 4.78 is 11.0. The number of methoxy groups -OCH3 is 1. The summed E-state index contributed by atoms with van der Waals surface area (Å²) in [5, 5.41) is 7.47. The summed E-state index contributed by atoms with van der Waals surface area (Å²) >= 11 is 0. The van der Waals surface area contributed by atoms with Crippen molar-refractivity contribution in [1.29, 1.82) is 5.41 Å². The molecule has 0 bridgehead atoms. The molecule has 0 aromatic heterocycles. The van der Waals surface area contributed by atoms with Gasteiger partial charge >= 0.3 is 0 Å². The minimum atomic E-state index is -0.216. The van der Waals surface area contributed by atoms with Crippen LogP contribution >= 0.6 is 0 Å². The third-order valence-electron chi connectivity index (χ3n) is 3.89. The lowest BCUT2D eigenvalue weighted by atomic mass is 9.91. The first-order valence-corrected chi connectivity index (χ1v) is 6.43. The average Bonchev–Trinajstić information content (AvgIpc) is 2.39. The summed E-state index contributed by atoms with van der Waals surface area (Å²) in [5.74, 6) is 0.147. The Morgan fingerprint density at radius 1 is 1.47 bits per heavy atom. The summed E-state index contributed by atoms with van der Waals surface area (Å²) in [6.07, 6.45) is 4.91. The van der Waals surface area contributed by atoms with Gasteiger partial charge < -0.3 is 15.2 Å². The molecule has 3 unspecified atom stereocenters. The molecule has 0 aromatic rings. The highest BCUT2D eigenvalue weighted by Crippen LogP contribution is 2.26.